The van der Waals surface area contributed by atoms with E-state index in [-0.39, 0.29) is 36.6 Å². The van der Waals surface area contributed by atoms with Crippen molar-refractivity contribution < 1.29 is 29.0 Å². The third kappa shape index (κ3) is 6.52. The van der Waals surface area contributed by atoms with Gasteiger partial charge in [-0.25, -0.2) is 0 Å². The lowest BCUT2D eigenvalue weighted by molar-refractivity contribution is -0.132. The lowest BCUT2D eigenvalue weighted by Gasteiger charge is -2.44. The number of amides is 2. The molecule has 0 spiro atoms. The van der Waals surface area contributed by atoms with Gasteiger partial charge in [-0.1, -0.05) is 40.2 Å². The van der Waals surface area contributed by atoms with Crippen LogP contribution in [0.1, 0.15) is 64.3 Å². The van der Waals surface area contributed by atoms with Crippen molar-refractivity contribution in [2.24, 2.45) is 5.92 Å². The van der Waals surface area contributed by atoms with E-state index in [0.29, 0.717) is 23.0 Å². The number of ether oxygens (including phenoxy) is 1. The minimum Gasteiger partial charge on any atom is -0.508 e. The molecular weight excluding hydrogens is 766 g/mol. The standard InChI is InChI=1S/C43H38BrN3O6S/c44-29-5-1-28(2-6-29)41-40(35-13-8-32(49)21-39(35)54-41)53-33-10-3-26(4-11-33)27-15-17-45(18-16-27)22-25-23-46(24-25)30-7-12-34-36(19-30)43(52)47(42(34)51)37-14-9-31(48)20-38(37)50/h1-8,10-13,19,21,25,27,37,49H,9,14-18,20,22-24H2. The lowest BCUT2D eigenvalue weighted by Crippen LogP contribution is -2.52. The van der Waals surface area contributed by atoms with E-state index in [1.54, 1.807) is 35.6 Å². The largest absolute Gasteiger partial charge is 0.508 e. The molecule has 2 saturated heterocycles. The summed E-state index contributed by atoms with van der Waals surface area (Å²) in [6.07, 6.45) is 2.40. The van der Waals surface area contributed by atoms with E-state index in [9.17, 15) is 24.3 Å². The van der Waals surface area contributed by atoms with Gasteiger partial charge in [0.15, 0.2) is 11.5 Å². The van der Waals surface area contributed by atoms with E-state index in [0.717, 1.165) is 92.7 Å². The summed E-state index contributed by atoms with van der Waals surface area (Å²) >= 11 is 5.14. The van der Waals surface area contributed by atoms with Crippen molar-refractivity contribution in [3.8, 4) is 27.7 Å². The second-order valence-corrected chi connectivity index (χ2v) is 16.9. The molecule has 54 heavy (non-hydrogen) atoms. The molecule has 274 valence electrons. The molecule has 1 N–H and O–H groups in total. The van der Waals surface area contributed by atoms with Crippen LogP contribution < -0.4 is 9.64 Å². The molecule has 4 aromatic carbocycles. The number of carbonyl (C=O) groups is 4. The molecule has 0 bridgehead atoms. The number of hydrogen-bond donors (Lipinski definition) is 1. The number of imide groups is 1. The number of fused-ring (bicyclic) bond motifs is 2. The number of thiophene rings is 1. The second-order valence-electron chi connectivity index (χ2n) is 14.9. The highest BCUT2D eigenvalue weighted by atomic mass is 79.9. The Balaban J connectivity index is 0.785. The van der Waals surface area contributed by atoms with Crippen LogP contribution in [0.3, 0.4) is 0 Å². The van der Waals surface area contributed by atoms with Crippen LogP contribution in [0.15, 0.2) is 89.4 Å². The first-order valence-electron chi connectivity index (χ1n) is 18.5. The summed E-state index contributed by atoms with van der Waals surface area (Å²) in [5, 5.41) is 11.1. The number of benzene rings is 4. The van der Waals surface area contributed by atoms with Crippen molar-refractivity contribution in [3.63, 3.8) is 0 Å². The van der Waals surface area contributed by atoms with E-state index in [1.165, 1.54) is 5.56 Å². The third-order valence-electron chi connectivity index (χ3n) is 11.4. The number of anilines is 1. The van der Waals surface area contributed by atoms with Crippen LogP contribution in [0.4, 0.5) is 5.69 Å². The zero-order valence-electron chi connectivity index (χ0n) is 29.5. The van der Waals surface area contributed by atoms with Crippen LogP contribution in [0.2, 0.25) is 0 Å². The maximum atomic E-state index is 13.3. The molecule has 3 aliphatic heterocycles. The van der Waals surface area contributed by atoms with Gasteiger partial charge in [-0.15, -0.1) is 11.3 Å². The molecule has 9 rings (SSSR count). The SMILES string of the molecule is O=C1CCC(N2C(=O)c3ccc(N4CC(CN5CCC(c6ccc(Oc7c(-c8ccc(Br)cc8)sc8cc(O)ccc78)cc6)CC5)C4)cc3C2=O)C(=O)C1. The topological polar surface area (TPSA) is 107 Å². The third-order valence-corrected chi connectivity index (χ3v) is 13.1. The average Bonchev–Trinajstić information content (AvgIpc) is 3.63. The molecule has 9 nitrogen and oxygen atoms in total. The van der Waals surface area contributed by atoms with Gasteiger partial charge < -0.3 is 19.6 Å². The van der Waals surface area contributed by atoms with E-state index >= 15 is 0 Å². The van der Waals surface area contributed by atoms with Crippen LogP contribution in [0, 0.1) is 5.92 Å². The Morgan fingerprint density at radius 3 is 2.30 bits per heavy atom. The Labute approximate surface area is 325 Å². The second kappa shape index (κ2) is 14.1. The van der Waals surface area contributed by atoms with Crippen molar-refractivity contribution in [1.82, 2.24) is 9.80 Å². The van der Waals surface area contributed by atoms with Gasteiger partial charge in [0.05, 0.1) is 28.5 Å². The van der Waals surface area contributed by atoms with E-state index in [2.05, 4.69) is 62.1 Å². The highest BCUT2D eigenvalue weighted by molar-refractivity contribution is 9.10. The lowest BCUT2D eigenvalue weighted by atomic mass is 9.88. The van der Waals surface area contributed by atoms with Gasteiger partial charge in [-0.2, -0.15) is 0 Å². The van der Waals surface area contributed by atoms with Crippen LogP contribution in [0.25, 0.3) is 20.5 Å². The minimum atomic E-state index is -0.850. The predicted octanol–water partition coefficient (Wildman–Crippen LogP) is 8.43. The smallest absolute Gasteiger partial charge is 0.262 e. The molecule has 2 amide bonds. The van der Waals surface area contributed by atoms with Crippen LogP contribution in [-0.4, -0.2) is 77.1 Å². The number of carbonyl (C=O) groups excluding carboxylic acids is 4. The van der Waals surface area contributed by atoms with Crippen molar-refractivity contribution in [2.75, 3.05) is 37.6 Å². The number of aromatic hydroxyl groups is 1. The van der Waals surface area contributed by atoms with Crippen molar-refractivity contribution in [2.45, 2.75) is 44.1 Å². The number of likely N-dealkylation sites (tertiary alicyclic amines) is 1. The van der Waals surface area contributed by atoms with Crippen molar-refractivity contribution in [1.29, 1.82) is 0 Å². The summed E-state index contributed by atoms with van der Waals surface area (Å²) in [7, 11) is 0. The normalized spacial score (nSPS) is 19.8. The number of ketones is 2. The van der Waals surface area contributed by atoms with Crippen LogP contribution in [-0.2, 0) is 9.59 Å². The first-order chi connectivity index (χ1) is 26.2. The van der Waals surface area contributed by atoms with E-state index < -0.39 is 17.9 Å². The number of halogens is 1. The van der Waals surface area contributed by atoms with Gasteiger partial charge >= 0.3 is 0 Å². The van der Waals surface area contributed by atoms with Gasteiger partial charge in [0.2, 0.25) is 0 Å². The fourth-order valence-electron chi connectivity index (χ4n) is 8.45. The Hall–Kier alpha value is -4.84. The van der Waals surface area contributed by atoms with Crippen LogP contribution in [0.5, 0.6) is 17.2 Å². The molecule has 1 aromatic heterocycles. The van der Waals surface area contributed by atoms with Gasteiger partial charge in [-0.3, -0.25) is 24.1 Å². The maximum Gasteiger partial charge on any atom is 0.262 e. The number of phenolic OH excluding ortho intramolecular Hbond substituents is 1. The Morgan fingerprint density at radius 1 is 0.815 bits per heavy atom. The molecule has 11 heteroatoms. The molecule has 1 aliphatic carbocycles. The number of rotatable bonds is 8. The Kier molecular flexibility index (Phi) is 9.11. The fourth-order valence-corrected chi connectivity index (χ4v) is 9.88. The summed E-state index contributed by atoms with van der Waals surface area (Å²) < 4.78 is 8.55. The van der Waals surface area contributed by atoms with Crippen molar-refractivity contribution >= 4 is 66.4 Å². The molecule has 1 saturated carbocycles. The molecule has 3 fully saturated rings. The molecule has 4 heterocycles. The zero-order valence-corrected chi connectivity index (χ0v) is 31.9. The fraction of sp³-hybridized carbons (Fsp3) is 0.302. The highest BCUT2D eigenvalue weighted by Crippen LogP contribution is 2.47. The van der Waals surface area contributed by atoms with E-state index in [4.69, 9.17) is 4.74 Å². The summed E-state index contributed by atoms with van der Waals surface area (Å²) in [5.74, 6) is 1.47. The Bertz CT molecular complexity index is 2310. The Morgan fingerprint density at radius 2 is 1.56 bits per heavy atom. The number of piperidine rings is 1. The predicted molar refractivity (Wildman–Crippen MR) is 212 cm³/mol. The molecule has 0 radical (unpaired) electrons. The quantitative estimate of drug-likeness (QED) is 0.123. The van der Waals surface area contributed by atoms with E-state index in [1.807, 2.05) is 24.3 Å². The highest BCUT2D eigenvalue weighted by Gasteiger charge is 2.45. The summed E-state index contributed by atoms with van der Waals surface area (Å²) in [4.78, 5) is 57.5. The molecule has 1 unspecified atom stereocenters. The maximum absolute atomic E-state index is 13.3. The molecule has 1 atom stereocenters. The molecular formula is C43H38BrN3O6S. The molecule has 4 aliphatic rings. The minimum absolute atomic E-state index is 0.136. The zero-order chi connectivity index (χ0) is 37.1. The number of phenols is 1. The first kappa shape index (κ1) is 34.9. The molecule has 5 aromatic rings. The summed E-state index contributed by atoms with van der Waals surface area (Å²) in [5.41, 5.74) is 3.99. The average molecular weight is 805 g/mol. The number of hydrogen-bond acceptors (Lipinski definition) is 9. The summed E-state index contributed by atoms with van der Waals surface area (Å²) in [6.45, 7) is 4.89. The van der Waals surface area contributed by atoms with Crippen LogP contribution >= 0.6 is 27.3 Å². The monoisotopic (exact) mass is 803 g/mol. The van der Waals surface area contributed by atoms with Gasteiger partial charge in [0.25, 0.3) is 11.8 Å². The van der Waals surface area contributed by atoms with Gasteiger partial charge in [-0.05, 0) is 110 Å². The van der Waals surface area contributed by atoms with Gasteiger partial charge in [0.1, 0.15) is 17.3 Å². The number of Topliss-reactive ketones (excluding diaryl/α,β-unsaturated/α-hetero) is 2. The summed E-state index contributed by atoms with van der Waals surface area (Å²) in [6, 6.07) is 26.7. The van der Waals surface area contributed by atoms with Crippen molar-refractivity contribution in [3.05, 3.63) is 106 Å². The number of nitrogens with zero attached hydrogens (tertiary/aromatic N) is 3. The first-order valence-corrected chi connectivity index (χ1v) is 20.1. The van der Waals surface area contributed by atoms with Gasteiger partial charge in [0, 0.05) is 52.2 Å².